The largest absolute Gasteiger partial charge is 0.316 e. The molecule has 84 valence electrons. The zero-order chi connectivity index (χ0) is 10.8. The van der Waals surface area contributed by atoms with Crippen LogP contribution in [0.3, 0.4) is 0 Å². The van der Waals surface area contributed by atoms with E-state index in [2.05, 4.69) is 23.5 Å². The standard InChI is InChI=1S/C11H19N3S/c1-8-7-11(14(3)13-8)15-10-6-4-5-9(10)12-2/h7,9-10,12H,4-6H2,1-3H3. The first kappa shape index (κ1) is 11.0. The summed E-state index contributed by atoms with van der Waals surface area (Å²) in [6, 6.07) is 2.85. The lowest BCUT2D eigenvalue weighted by Gasteiger charge is -2.17. The Labute approximate surface area is 95.6 Å². The van der Waals surface area contributed by atoms with E-state index < -0.39 is 0 Å². The molecule has 0 radical (unpaired) electrons. The number of thioether (sulfide) groups is 1. The highest BCUT2D eigenvalue weighted by molar-refractivity contribution is 7.99. The number of aromatic nitrogens is 2. The van der Waals surface area contributed by atoms with Crippen molar-refractivity contribution in [2.75, 3.05) is 7.05 Å². The summed E-state index contributed by atoms with van der Waals surface area (Å²) in [4.78, 5) is 0. The van der Waals surface area contributed by atoms with Crippen LogP contribution in [0.1, 0.15) is 25.0 Å². The lowest BCUT2D eigenvalue weighted by atomic mass is 10.2. The minimum atomic E-state index is 0.671. The van der Waals surface area contributed by atoms with Gasteiger partial charge >= 0.3 is 0 Å². The predicted molar refractivity (Wildman–Crippen MR) is 64.3 cm³/mol. The molecule has 1 aliphatic rings. The number of hydrogen-bond donors (Lipinski definition) is 1. The van der Waals surface area contributed by atoms with Crippen LogP contribution in [0.25, 0.3) is 0 Å². The summed E-state index contributed by atoms with van der Waals surface area (Å²) in [5.74, 6) is 0. The molecular formula is C11H19N3S. The van der Waals surface area contributed by atoms with Crippen molar-refractivity contribution in [1.29, 1.82) is 0 Å². The van der Waals surface area contributed by atoms with Gasteiger partial charge in [-0.05, 0) is 32.9 Å². The van der Waals surface area contributed by atoms with Gasteiger partial charge in [0.15, 0.2) is 0 Å². The molecule has 3 nitrogen and oxygen atoms in total. The fraction of sp³-hybridized carbons (Fsp3) is 0.727. The van der Waals surface area contributed by atoms with E-state index in [1.54, 1.807) is 0 Å². The molecule has 15 heavy (non-hydrogen) atoms. The maximum absolute atomic E-state index is 4.38. The Bertz CT molecular complexity index is 335. The molecule has 2 rings (SSSR count). The highest BCUT2D eigenvalue weighted by atomic mass is 32.2. The normalized spacial score (nSPS) is 26.1. The Morgan fingerprint density at radius 1 is 1.53 bits per heavy atom. The minimum Gasteiger partial charge on any atom is -0.316 e. The Kier molecular flexibility index (Phi) is 3.36. The molecule has 0 spiro atoms. The van der Waals surface area contributed by atoms with E-state index in [0.29, 0.717) is 11.3 Å². The predicted octanol–water partition coefficient (Wildman–Crippen LogP) is 1.96. The average Bonchev–Trinajstić information content (AvgIpc) is 2.74. The highest BCUT2D eigenvalue weighted by Crippen LogP contribution is 2.34. The summed E-state index contributed by atoms with van der Waals surface area (Å²) in [5, 5.41) is 9.79. The summed E-state index contributed by atoms with van der Waals surface area (Å²) in [5.41, 5.74) is 1.11. The molecule has 0 aromatic carbocycles. The third kappa shape index (κ3) is 2.37. The van der Waals surface area contributed by atoms with E-state index in [-0.39, 0.29) is 0 Å². The summed E-state index contributed by atoms with van der Waals surface area (Å²) >= 11 is 1.97. The van der Waals surface area contributed by atoms with E-state index in [9.17, 15) is 0 Å². The maximum Gasteiger partial charge on any atom is 0.0942 e. The van der Waals surface area contributed by atoms with Gasteiger partial charge in [-0.25, -0.2) is 0 Å². The van der Waals surface area contributed by atoms with Gasteiger partial charge in [0.1, 0.15) is 0 Å². The Morgan fingerprint density at radius 2 is 2.33 bits per heavy atom. The number of aryl methyl sites for hydroxylation is 2. The molecule has 1 fully saturated rings. The molecule has 1 aromatic heterocycles. The van der Waals surface area contributed by atoms with Crippen molar-refractivity contribution in [2.45, 2.75) is 42.5 Å². The molecule has 0 amide bonds. The Balaban J connectivity index is 2.05. The van der Waals surface area contributed by atoms with Crippen LogP contribution in [0, 0.1) is 6.92 Å². The Hall–Kier alpha value is -0.480. The molecule has 1 aromatic rings. The van der Waals surface area contributed by atoms with Crippen molar-refractivity contribution in [1.82, 2.24) is 15.1 Å². The SMILES string of the molecule is CNC1CCCC1Sc1cc(C)nn1C. The van der Waals surface area contributed by atoms with Gasteiger partial charge in [0, 0.05) is 18.3 Å². The van der Waals surface area contributed by atoms with Gasteiger partial charge in [0.2, 0.25) is 0 Å². The van der Waals surface area contributed by atoms with Crippen LogP contribution in [0.15, 0.2) is 11.1 Å². The lowest BCUT2D eigenvalue weighted by molar-refractivity contribution is 0.589. The summed E-state index contributed by atoms with van der Waals surface area (Å²) < 4.78 is 1.99. The Morgan fingerprint density at radius 3 is 2.93 bits per heavy atom. The van der Waals surface area contributed by atoms with E-state index in [1.165, 1.54) is 24.3 Å². The third-order valence-corrected chi connectivity index (χ3v) is 4.55. The zero-order valence-electron chi connectivity index (χ0n) is 9.66. The second kappa shape index (κ2) is 4.58. The van der Waals surface area contributed by atoms with Crippen LogP contribution in [0.4, 0.5) is 0 Å². The first-order valence-corrected chi connectivity index (χ1v) is 6.43. The number of rotatable bonds is 3. The van der Waals surface area contributed by atoms with Crippen molar-refractivity contribution in [2.24, 2.45) is 7.05 Å². The first-order valence-electron chi connectivity index (χ1n) is 5.55. The molecule has 0 saturated heterocycles. The van der Waals surface area contributed by atoms with E-state index in [4.69, 9.17) is 0 Å². The topological polar surface area (TPSA) is 29.9 Å². The molecule has 1 N–H and O–H groups in total. The first-order chi connectivity index (χ1) is 7.20. The highest BCUT2D eigenvalue weighted by Gasteiger charge is 2.27. The molecule has 2 atom stereocenters. The minimum absolute atomic E-state index is 0.671. The van der Waals surface area contributed by atoms with Crippen molar-refractivity contribution < 1.29 is 0 Å². The second-order valence-corrected chi connectivity index (χ2v) is 5.49. The van der Waals surface area contributed by atoms with E-state index in [0.717, 1.165) is 5.69 Å². The molecule has 1 heterocycles. The van der Waals surface area contributed by atoms with Crippen LogP contribution < -0.4 is 5.32 Å². The molecule has 2 unspecified atom stereocenters. The van der Waals surface area contributed by atoms with E-state index in [1.807, 2.05) is 30.4 Å². The fourth-order valence-electron chi connectivity index (χ4n) is 2.25. The van der Waals surface area contributed by atoms with Gasteiger partial charge < -0.3 is 5.32 Å². The zero-order valence-corrected chi connectivity index (χ0v) is 10.5. The fourth-order valence-corrected chi connectivity index (χ4v) is 3.71. The lowest BCUT2D eigenvalue weighted by Crippen LogP contribution is -2.30. The number of hydrogen-bond acceptors (Lipinski definition) is 3. The molecule has 4 heteroatoms. The van der Waals surface area contributed by atoms with Crippen LogP contribution in [-0.4, -0.2) is 28.1 Å². The molecule has 0 aliphatic heterocycles. The van der Waals surface area contributed by atoms with Crippen molar-refractivity contribution in [3.05, 3.63) is 11.8 Å². The second-order valence-electron chi connectivity index (χ2n) is 4.23. The maximum atomic E-state index is 4.38. The van der Waals surface area contributed by atoms with Crippen molar-refractivity contribution >= 4 is 11.8 Å². The molecule has 1 aliphatic carbocycles. The summed E-state index contributed by atoms with van der Waals surface area (Å²) in [6.07, 6.45) is 3.98. The van der Waals surface area contributed by atoms with Gasteiger partial charge in [0.05, 0.1) is 10.7 Å². The molecular weight excluding hydrogens is 206 g/mol. The van der Waals surface area contributed by atoms with Crippen LogP contribution in [0.5, 0.6) is 0 Å². The number of nitrogens with zero attached hydrogens (tertiary/aromatic N) is 2. The van der Waals surface area contributed by atoms with Gasteiger partial charge in [-0.15, -0.1) is 11.8 Å². The smallest absolute Gasteiger partial charge is 0.0942 e. The quantitative estimate of drug-likeness (QED) is 0.853. The monoisotopic (exact) mass is 225 g/mol. The van der Waals surface area contributed by atoms with Crippen LogP contribution >= 0.6 is 11.8 Å². The van der Waals surface area contributed by atoms with Gasteiger partial charge in [-0.3, -0.25) is 4.68 Å². The van der Waals surface area contributed by atoms with Crippen molar-refractivity contribution in [3.63, 3.8) is 0 Å². The van der Waals surface area contributed by atoms with Crippen LogP contribution in [-0.2, 0) is 7.05 Å². The number of nitrogens with one attached hydrogen (secondary N) is 1. The van der Waals surface area contributed by atoms with Gasteiger partial charge in [0.25, 0.3) is 0 Å². The molecule has 0 bridgehead atoms. The van der Waals surface area contributed by atoms with Gasteiger partial charge in [-0.1, -0.05) is 6.42 Å². The average molecular weight is 225 g/mol. The third-order valence-electron chi connectivity index (χ3n) is 3.05. The molecule has 1 saturated carbocycles. The van der Waals surface area contributed by atoms with E-state index >= 15 is 0 Å². The summed E-state index contributed by atoms with van der Waals surface area (Å²) in [6.45, 7) is 2.05. The summed E-state index contributed by atoms with van der Waals surface area (Å²) in [7, 11) is 4.09. The van der Waals surface area contributed by atoms with Crippen LogP contribution in [0.2, 0.25) is 0 Å². The van der Waals surface area contributed by atoms with Gasteiger partial charge in [-0.2, -0.15) is 5.10 Å². The van der Waals surface area contributed by atoms with Crippen molar-refractivity contribution in [3.8, 4) is 0 Å².